The van der Waals surface area contributed by atoms with Gasteiger partial charge in [0.2, 0.25) is 0 Å². The molecule has 0 saturated heterocycles. The summed E-state index contributed by atoms with van der Waals surface area (Å²) in [6.45, 7) is 13.7. The van der Waals surface area contributed by atoms with Crippen molar-refractivity contribution < 1.29 is 24.2 Å². The van der Waals surface area contributed by atoms with Crippen molar-refractivity contribution in [2.24, 2.45) is 0 Å². The first-order valence-corrected chi connectivity index (χ1v) is 17.2. The van der Waals surface area contributed by atoms with E-state index in [9.17, 15) is 0 Å². The van der Waals surface area contributed by atoms with E-state index in [1.54, 1.807) is 27.4 Å². The van der Waals surface area contributed by atoms with Crippen LogP contribution >= 0.6 is 24.8 Å². The van der Waals surface area contributed by atoms with Crippen molar-refractivity contribution in [3.8, 4) is 0 Å². The van der Waals surface area contributed by atoms with Crippen LogP contribution in [0.15, 0.2) is 121 Å². The van der Waals surface area contributed by atoms with Gasteiger partial charge in [-0.2, -0.15) is 6.08 Å². The molecule has 46 heavy (non-hydrogen) atoms. The van der Waals surface area contributed by atoms with Crippen LogP contribution in [-0.2, 0) is 47.9 Å². The summed E-state index contributed by atoms with van der Waals surface area (Å²) in [5, 5.41) is 5.49. The van der Waals surface area contributed by atoms with E-state index < -0.39 is 0 Å². The molecule has 0 aromatic heterocycles. The van der Waals surface area contributed by atoms with Gasteiger partial charge in [-0.15, -0.1) is 71.0 Å². The van der Waals surface area contributed by atoms with Crippen LogP contribution in [-0.4, -0.2) is 3.21 Å². The monoisotopic (exact) mass is 726 g/mol. The Morgan fingerprint density at radius 1 is 0.652 bits per heavy atom. The number of hydrogen-bond donors (Lipinski definition) is 0. The molecule has 0 aliphatic heterocycles. The molecule has 0 fully saturated rings. The fourth-order valence-corrected chi connectivity index (χ4v) is 5.89. The van der Waals surface area contributed by atoms with E-state index in [4.69, 9.17) is 0 Å². The van der Waals surface area contributed by atoms with Crippen molar-refractivity contribution in [1.82, 2.24) is 0 Å². The van der Waals surface area contributed by atoms with Crippen LogP contribution in [0.4, 0.5) is 0 Å². The summed E-state index contributed by atoms with van der Waals surface area (Å²) in [5.41, 5.74) is 6.11. The fourth-order valence-electron chi connectivity index (χ4n) is 5.28. The van der Waals surface area contributed by atoms with Crippen LogP contribution in [0.25, 0.3) is 21.5 Å². The summed E-state index contributed by atoms with van der Waals surface area (Å²) < 4.78 is 1.69. The first kappa shape index (κ1) is 39.7. The van der Waals surface area contributed by atoms with Crippen molar-refractivity contribution in [3.05, 3.63) is 150 Å². The SMILES string of the molecule is CC(C)(C)c1ccc2[cH-]c3ccc(C(C)(C)C)cc3c2c1.Cl.Cl.[C-]1=CC=CC1.[Zr+2]=[C](CCc1ccccc1)CCc1ccccc1. The first-order chi connectivity index (χ1) is 21.0. The Kier molecular flexibility index (Phi) is 16.2. The van der Waals surface area contributed by atoms with Crippen LogP contribution < -0.4 is 0 Å². The summed E-state index contributed by atoms with van der Waals surface area (Å²) in [7, 11) is 0. The molecule has 240 valence electrons. The Hall–Kier alpha value is -2.44. The molecule has 1 aliphatic carbocycles. The van der Waals surface area contributed by atoms with E-state index in [0.29, 0.717) is 0 Å². The Labute approximate surface area is 305 Å². The van der Waals surface area contributed by atoms with Crippen LogP contribution in [0.1, 0.15) is 83.1 Å². The van der Waals surface area contributed by atoms with Gasteiger partial charge in [0, 0.05) is 0 Å². The molecule has 0 amide bonds. The zero-order valence-electron chi connectivity index (χ0n) is 28.4. The van der Waals surface area contributed by atoms with Crippen LogP contribution in [0.2, 0.25) is 0 Å². The zero-order valence-corrected chi connectivity index (χ0v) is 32.5. The molecule has 0 N–H and O–H groups in total. The number of rotatable bonds is 6. The molecule has 5 aromatic carbocycles. The summed E-state index contributed by atoms with van der Waals surface area (Å²) in [6, 6.07) is 37.7. The van der Waals surface area contributed by atoms with Crippen LogP contribution in [0, 0.1) is 6.08 Å². The second-order valence-corrected chi connectivity index (χ2v) is 15.6. The average Bonchev–Trinajstić information content (AvgIpc) is 3.71. The molecule has 6 rings (SSSR count). The quantitative estimate of drug-likeness (QED) is 0.153. The third-order valence-electron chi connectivity index (χ3n) is 8.14. The summed E-state index contributed by atoms with van der Waals surface area (Å²) >= 11 is 1.60. The van der Waals surface area contributed by atoms with E-state index in [0.717, 1.165) is 6.42 Å². The molecule has 5 aromatic rings. The van der Waals surface area contributed by atoms with Crippen LogP contribution in [0.3, 0.4) is 0 Å². The van der Waals surface area contributed by atoms with Crippen LogP contribution in [0.5, 0.6) is 0 Å². The maximum atomic E-state index is 2.99. The number of hydrogen-bond acceptors (Lipinski definition) is 0. The Morgan fingerprint density at radius 3 is 1.41 bits per heavy atom. The van der Waals surface area contributed by atoms with E-state index in [2.05, 4.69) is 157 Å². The van der Waals surface area contributed by atoms with Gasteiger partial charge >= 0.3 is 125 Å². The van der Waals surface area contributed by atoms with Gasteiger partial charge < -0.3 is 0 Å². The molecular formula is C43H50Cl2Zr. The van der Waals surface area contributed by atoms with Gasteiger partial charge in [-0.3, -0.25) is 6.08 Å². The third-order valence-corrected chi connectivity index (χ3v) is 9.37. The van der Waals surface area contributed by atoms with Gasteiger partial charge in [0.1, 0.15) is 0 Å². The van der Waals surface area contributed by atoms with Gasteiger partial charge in [0.05, 0.1) is 0 Å². The van der Waals surface area contributed by atoms with E-state index in [1.807, 2.05) is 12.2 Å². The second-order valence-electron chi connectivity index (χ2n) is 13.8. The molecule has 1 aliphatic rings. The number of halogens is 2. The predicted molar refractivity (Wildman–Crippen MR) is 205 cm³/mol. The fraction of sp³-hybridized carbons (Fsp3) is 0.302. The Bertz CT molecular complexity index is 1570. The number of aryl methyl sites for hydroxylation is 2. The number of fused-ring (bicyclic) bond motifs is 3. The Balaban J connectivity index is 0.000000270. The van der Waals surface area contributed by atoms with Crippen molar-refractivity contribution in [2.45, 2.75) is 84.5 Å². The van der Waals surface area contributed by atoms with Gasteiger partial charge in [0.15, 0.2) is 0 Å². The third kappa shape index (κ3) is 12.3. The maximum absolute atomic E-state index is 2.99. The van der Waals surface area contributed by atoms with Gasteiger partial charge in [-0.1, -0.05) is 76.9 Å². The molecule has 0 spiro atoms. The zero-order chi connectivity index (χ0) is 31.6. The van der Waals surface area contributed by atoms with Crippen molar-refractivity contribution in [1.29, 1.82) is 0 Å². The van der Waals surface area contributed by atoms with Crippen molar-refractivity contribution in [3.63, 3.8) is 0 Å². The molecule has 0 heterocycles. The molecule has 3 heteroatoms. The number of benzene rings is 4. The molecule has 0 unspecified atom stereocenters. The summed E-state index contributed by atoms with van der Waals surface area (Å²) in [4.78, 5) is 0. The van der Waals surface area contributed by atoms with Crippen molar-refractivity contribution in [2.75, 3.05) is 0 Å². The first-order valence-electron chi connectivity index (χ1n) is 16.0. The van der Waals surface area contributed by atoms with Gasteiger partial charge in [-0.25, -0.2) is 12.2 Å². The Morgan fingerprint density at radius 2 is 1.09 bits per heavy atom. The molecule has 0 nitrogen and oxygen atoms in total. The van der Waals surface area contributed by atoms with E-state index in [1.165, 1.54) is 69.5 Å². The van der Waals surface area contributed by atoms with Gasteiger partial charge in [-0.05, 0) is 10.8 Å². The predicted octanol–water partition coefficient (Wildman–Crippen LogP) is 12.4. The molecular weight excluding hydrogens is 679 g/mol. The minimum absolute atomic E-state index is 0. The summed E-state index contributed by atoms with van der Waals surface area (Å²) in [6.07, 6.45) is 14.9. The standard InChI is InChI=1S/C21H25.C17H18.C5H5.2ClH.Zr/c1-20(2,3)16-9-7-14-11-15-8-10-17(21(4,5)6)13-19(15)18(14)12-16;1-4-10-16(11-5-1)14-8-3-9-15-17-12-6-2-7-13-17;1-2-4-5-3-1;;;/h7-13H,1-6H3;1-2,4-7,10-13H,8-9,14-15H2;1-3H,4H2;2*1H;/q-1;;-1;;;+2. The second kappa shape index (κ2) is 18.8. The molecule has 0 bridgehead atoms. The molecule has 0 saturated carbocycles. The summed E-state index contributed by atoms with van der Waals surface area (Å²) in [5.74, 6) is 0. The minimum atomic E-state index is 0. The number of allylic oxidation sites excluding steroid dienone is 4. The molecule has 0 radical (unpaired) electrons. The van der Waals surface area contributed by atoms with E-state index in [-0.39, 0.29) is 35.6 Å². The van der Waals surface area contributed by atoms with Gasteiger partial charge in [0.25, 0.3) is 0 Å². The average molecular weight is 729 g/mol. The molecule has 0 atom stereocenters. The topological polar surface area (TPSA) is 0 Å². The van der Waals surface area contributed by atoms with E-state index >= 15 is 0 Å². The van der Waals surface area contributed by atoms with Crippen molar-refractivity contribution >= 4 is 49.6 Å². The normalized spacial score (nSPS) is 12.0.